The summed E-state index contributed by atoms with van der Waals surface area (Å²) in [6.45, 7) is 1.06. The van der Waals surface area contributed by atoms with Crippen LogP contribution in [0, 0.1) is 16.7 Å². The number of alkyl carbamates (subject to hydrolysis) is 1. The number of likely N-dealkylation sites (tertiary alicyclic amines) is 1. The van der Waals surface area contributed by atoms with E-state index < -0.39 is 11.5 Å². The van der Waals surface area contributed by atoms with Gasteiger partial charge in [0.15, 0.2) is 0 Å². The minimum Gasteiger partial charge on any atom is -0.453 e. The molecule has 1 saturated carbocycles. The third kappa shape index (κ3) is 3.46. The molecule has 1 aliphatic carbocycles. The van der Waals surface area contributed by atoms with E-state index in [4.69, 9.17) is 0 Å². The highest BCUT2D eigenvalue weighted by molar-refractivity contribution is 5.86. The molecule has 116 valence electrons. The number of nitrogens with one attached hydrogen (secondary N) is 1. The molecule has 1 unspecified atom stereocenters. The molecule has 2 aliphatic rings. The van der Waals surface area contributed by atoms with Gasteiger partial charge in [-0.3, -0.25) is 4.79 Å². The molecule has 2 amide bonds. The molecule has 6 nitrogen and oxygen atoms in total. The van der Waals surface area contributed by atoms with Crippen molar-refractivity contribution in [2.45, 2.75) is 51.0 Å². The van der Waals surface area contributed by atoms with Crippen molar-refractivity contribution in [3.8, 4) is 6.07 Å². The molecule has 0 aromatic heterocycles. The van der Waals surface area contributed by atoms with Gasteiger partial charge in [0.25, 0.3) is 0 Å². The zero-order chi connectivity index (χ0) is 15.3. The lowest BCUT2D eigenvalue weighted by molar-refractivity contribution is -0.138. The highest BCUT2D eigenvalue weighted by Gasteiger charge is 2.43. The summed E-state index contributed by atoms with van der Waals surface area (Å²) in [5, 5.41) is 12.3. The molecule has 1 heterocycles. The normalized spacial score (nSPS) is 24.8. The molecule has 1 N–H and O–H groups in total. The Morgan fingerprint density at radius 2 is 1.95 bits per heavy atom. The number of hydrogen-bond acceptors (Lipinski definition) is 4. The molecular formula is C15H23N3O3. The van der Waals surface area contributed by atoms with Crippen LogP contribution < -0.4 is 5.32 Å². The van der Waals surface area contributed by atoms with E-state index in [-0.39, 0.29) is 11.9 Å². The van der Waals surface area contributed by atoms with Gasteiger partial charge in [-0.15, -0.1) is 0 Å². The number of methoxy groups -OCH3 is 1. The summed E-state index contributed by atoms with van der Waals surface area (Å²) in [6.07, 6.45) is 5.64. The smallest absolute Gasteiger partial charge is 0.407 e. The number of nitriles is 1. The van der Waals surface area contributed by atoms with Crippen LogP contribution in [0.5, 0.6) is 0 Å². The first kappa shape index (κ1) is 15.6. The van der Waals surface area contributed by atoms with Gasteiger partial charge in [-0.25, -0.2) is 4.79 Å². The van der Waals surface area contributed by atoms with Gasteiger partial charge >= 0.3 is 6.09 Å². The second kappa shape index (κ2) is 6.79. The fourth-order valence-corrected chi connectivity index (χ4v) is 3.30. The number of carbonyl (C=O) groups excluding carboxylic acids is 2. The maximum absolute atomic E-state index is 12.8. The Bertz CT molecular complexity index is 436. The van der Waals surface area contributed by atoms with E-state index in [2.05, 4.69) is 16.1 Å². The molecule has 1 aliphatic heterocycles. The van der Waals surface area contributed by atoms with Gasteiger partial charge in [0.2, 0.25) is 5.91 Å². The van der Waals surface area contributed by atoms with Gasteiger partial charge in [-0.2, -0.15) is 5.26 Å². The zero-order valence-corrected chi connectivity index (χ0v) is 12.6. The SMILES string of the molecule is COC(=O)NC1CCN(C(=O)C2(C#N)CCCCCC2)C1. The molecule has 21 heavy (non-hydrogen) atoms. The van der Waals surface area contributed by atoms with Crippen molar-refractivity contribution in [2.24, 2.45) is 5.41 Å². The van der Waals surface area contributed by atoms with Crippen LogP contribution >= 0.6 is 0 Å². The molecule has 2 fully saturated rings. The van der Waals surface area contributed by atoms with E-state index in [9.17, 15) is 14.9 Å². The van der Waals surface area contributed by atoms with Gasteiger partial charge in [-0.05, 0) is 19.3 Å². The number of carbonyl (C=O) groups is 2. The summed E-state index contributed by atoms with van der Waals surface area (Å²) in [5.74, 6) is -0.0546. The van der Waals surface area contributed by atoms with Crippen molar-refractivity contribution in [3.05, 3.63) is 0 Å². The Morgan fingerprint density at radius 3 is 2.52 bits per heavy atom. The van der Waals surface area contributed by atoms with E-state index in [0.29, 0.717) is 32.4 Å². The first-order valence-electron chi connectivity index (χ1n) is 7.66. The Labute approximate surface area is 125 Å². The summed E-state index contributed by atoms with van der Waals surface area (Å²) in [7, 11) is 1.32. The number of ether oxygens (including phenoxy) is 1. The van der Waals surface area contributed by atoms with Gasteiger partial charge in [-0.1, -0.05) is 25.7 Å². The summed E-state index contributed by atoms with van der Waals surface area (Å²) < 4.78 is 4.58. The molecule has 1 saturated heterocycles. The average molecular weight is 293 g/mol. The van der Waals surface area contributed by atoms with E-state index in [0.717, 1.165) is 25.7 Å². The van der Waals surface area contributed by atoms with Gasteiger partial charge in [0, 0.05) is 13.1 Å². The Balaban J connectivity index is 1.99. The van der Waals surface area contributed by atoms with Crippen LogP contribution in [0.25, 0.3) is 0 Å². The van der Waals surface area contributed by atoms with Crippen molar-refractivity contribution in [3.63, 3.8) is 0 Å². The van der Waals surface area contributed by atoms with Gasteiger partial charge in [0.05, 0.1) is 19.2 Å². The van der Waals surface area contributed by atoms with Crippen LogP contribution in [0.3, 0.4) is 0 Å². The van der Waals surface area contributed by atoms with E-state index >= 15 is 0 Å². The Hall–Kier alpha value is -1.77. The van der Waals surface area contributed by atoms with Crippen molar-refractivity contribution in [1.29, 1.82) is 5.26 Å². The van der Waals surface area contributed by atoms with Crippen LogP contribution in [0.15, 0.2) is 0 Å². The second-order valence-electron chi connectivity index (χ2n) is 5.98. The monoisotopic (exact) mass is 293 g/mol. The predicted octanol–water partition coefficient (Wildman–Crippen LogP) is 1.81. The van der Waals surface area contributed by atoms with Gasteiger partial charge in [0.1, 0.15) is 5.41 Å². The largest absolute Gasteiger partial charge is 0.453 e. The molecule has 2 rings (SSSR count). The number of amides is 2. The highest BCUT2D eigenvalue weighted by Crippen LogP contribution is 2.37. The van der Waals surface area contributed by atoms with Crippen LogP contribution in [-0.4, -0.2) is 43.1 Å². The van der Waals surface area contributed by atoms with E-state index in [1.165, 1.54) is 7.11 Å². The van der Waals surface area contributed by atoms with Crippen molar-refractivity contribution in [1.82, 2.24) is 10.2 Å². The van der Waals surface area contributed by atoms with Gasteiger partial charge < -0.3 is 15.0 Å². The molecule has 0 bridgehead atoms. The minimum absolute atomic E-state index is 0.0546. The highest BCUT2D eigenvalue weighted by atomic mass is 16.5. The lowest BCUT2D eigenvalue weighted by Crippen LogP contribution is -2.44. The zero-order valence-electron chi connectivity index (χ0n) is 12.6. The fraction of sp³-hybridized carbons (Fsp3) is 0.800. The third-order valence-corrected chi connectivity index (χ3v) is 4.56. The fourth-order valence-electron chi connectivity index (χ4n) is 3.30. The first-order valence-corrected chi connectivity index (χ1v) is 7.66. The minimum atomic E-state index is -0.851. The summed E-state index contributed by atoms with van der Waals surface area (Å²) in [4.78, 5) is 25.7. The quantitative estimate of drug-likeness (QED) is 0.787. The molecule has 0 spiro atoms. The summed E-state index contributed by atoms with van der Waals surface area (Å²) in [5.41, 5.74) is -0.851. The molecule has 0 radical (unpaired) electrons. The van der Waals surface area contributed by atoms with E-state index in [1.807, 2.05) is 0 Å². The third-order valence-electron chi connectivity index (χ3n) is 4.56. The topological polar surface area (TPSA) is 82.4 Å². The van der Waals surface area contributed by atoms with Crippen LogP contribution in [0.4, 0.5) is 4.79 Å². The standard InChI is InChI=1S/C15H23N3O3/c1-21-14(20)17-12-6-9-18(10-12)13(19)15(11-16)7-4-2-3-5-8-15/h12H,2-10H2,1H3,(H,17,20). The second-order valence-corrected chi connectivity index (χ2v) is 5.98. The Morgan fingerprint density at radius 1 is 1.29 bits per heavy atom. The first-order chi connectivity index (χ1) is 10.1. The van der Waals surface area contributed by atoms with E-state index in [1.54, 1.807) is 4.90 Å². The summed E-state index contributed by atoms with van der Waals surface area (Å²) >= 11 is 0. The van der Waals surface area contributed by atoms with Crippen LogP contribution in [-0.2, 0) is 9.53 Å². The number of nitrogens with zero attached hydrogens (tertiary/aromatic N) is 2. The molecule has 6 heteroatoms. The lowest BCUT2D eigenvalue weighted by Gasteiger charge is -2.29. The Kier molecular flexibility index (Phi) is 5.05. The van der Waals surface area contributed by atoms with Crippen molar-refractivity contribution < 1.29 is 14.3 Å². The molecule has 0 aromatic carbocycles. The average Bonchev–Trinajstić information content (AvgIpc) is 2.82. The number of rotatable bonds is 2. The molecule has 0 aromatic rings. The summed E-state index contributed by atoms with van der Waals surface area (Å²) in [6, 6.07) is 2.22. The van der Waals surface area contributed by atoms with Crippen LogP contribution in [0.2, 0.25) is 0 Å². The van der Waals surface area contributed by atoms with Crippen molar-refractivity contribution >= 4 is 12.0 Å². The lowest BCUT2D eigenvalue weighted by atomic mass is 9.80. The predicted molar refractivity (Wildman–Crippen MR) is 76.3 cm³/mol. The van der Waals surface area contributed by atoms with Crippen LogP contribution in [0.1, 0.15) is 44.9 Å². The maximum atomic E-state index is 12.8. The number of hydrogen-bond donors (Lipinski definition) is 1. The molecular weight excluding hydrogens is 270 g/mol. The molecule has 1 atom stereocenters. The maximum Gasteiger partial charge on any atom is 0.407 e. The van der Waals surface area contributed by atoms with Crippen molar-refractivity contribution in [2.75, 3.05) is 20.2 Å².